The molecule has 0 amide bonds. The van der Waals surface area contributed by atoms with Crippen LogP contribution in [-0.2, 0) is 10.5 Å². The Morgan fingerprint density at radius 2 is 2.50 bits per heavy atom. The number of rotatable bonds is 8. The van der Waals surface area contributed by atoms with Gasteiger partial charge in [-0.25, -0.2) is 0 Å². The summed E-state index contributed by atoms with van der Waals surface area (Å²) in [5.74, 6) is 1.46. The highest BCUT2D eigenvalue weighted by molar-refractivity contribution is 8.02. The molecule has 1 aromatic rings. The van der Waals surface area contributed by atoms with Gasteiger partial charge in [0, 0.05) is 30.9 Å². The molecule has 18 heavy (non-hydrogen) atoms. The summed E-state index contributed by atoms with van der Waals surface area (Å²) in [5.41, 5.74) is 5.81. The third kappa shape index (κ3) is 6.09. The summed E-state index contributed by atoms with van der Waals surface area (Å²) in [5, 5.41) is 6.22. The lowest BCUT2D eigenvalue weighted by atomic mass is 10.5. The molecule has 3 N–H and O–H groups in total. The zero-order valence-corrected chi connectivity index (χ0v) is 12.3. The van der Waals surface area contributed by atoms with E-state index in [4.69, 9.17) is 10.5 Å². The number of hydrogen-bond donors (Lipinski definition) is 2. The summed E-state index contributed by atoms with van der Waals surface area (Å²) in [6.07, 6.45) is 1.86. The van der Waals surface area contributed by atoms with E-state index >= 15 is 0 Å². The van der Waals surface area contributed by atoms with Gasteiger partial charge in [-0.2, -0.15) is 0 Å². The van der Waals surface area contributed by atoms with Crippen molar-refractivity contribution in [2.24, 2.45) is 10.7 Å². The number of nitrogens with zero attached hydrogens (tertiary/aromatic N) is 1. The minimum atomic E-state index is 0.523. The molecule has 1 aromatic heterocycles. The molecule has 4 nitrogen and oxygen atoms in total. The fraction of sp³-hybridized carbons (Fsp3) is 0.417. The second-order valence-corrected chi connectivity index (χ2v) is 5.48. The van der Waals surface area contributed by atoms with Gasteiger partial charge in [-0.3, -0.25) is 4.99 Å². The SMILES string of the molecule is CN/C(=C\C(N)=NCCOC)SCc1cccs1. The highest BCUT2D eigenvalue weighted by atomic mass is 32.2. The van der Waals surface area contributed by atoms with Crippen molar-refractivity contribution in [3.05, 3.63) is 33.5 Å². The second kappa shape index (κ2) is 9.02. The first-order valence-electron chi connectivity index (χ1n) is 5.59. The maximum Gasteiger partial charge on any atom is 0.120 e. The number of hydrogen-bond acceptors (Lipinski definition) is 5. The van der Waals surface area contributed by atoms with E-state index in [0.29, 0.717) is 19.0 Å². The molecule has 1 heterocycles. The van der Waals surface area contributed by atoms with Gasteiger partial charge < -0.3 is 15.8 Å². The van der Waals surface area contributed by atoms with Gasteiger partial charge in [0.1, 0.15) is 5.84 Å². The molecule has 0 aliphatic heterocycles. The predicted octanol–water partition coefficient (Wildman–Crippen LogP) is 2.05. The third-order valence-corrected chi connectivity index (χ3v) is 4.21. The maximum atomic E-state index is 5.81. The van der Waals surface area contributed by atoms with Crippen molar-refractivity contribution in [3.8, 4) is 0 Å². The molecule has 0 saturated carbocycles. The number of nitrogens with one attached hydrogen (secondary N) is 1. The van der Waals surface area contributed by atoms with E-state index in [9.17, 15) is 0 Å². The molecule has 0 aromatic carbocycles. The van der Waals surface area contributed by atoms with E-state index in [0.717, 1.165) is 10.8 Å². The van der Waals surface area contributed by atoms with Gasteiger partial charge in [-0.15, -0.1) is 23.1 Å². The Kier molecular flexibility index (Phi) is 7.55. The molecule has 0 fully saturated rings. The van der Waals surface area contributed by atoms with Crippen LogP contribution >= 0.6 is 23.1 Å². The Hall–Kier alpha value is -0.980. The minimum Gasteiger partial charge on any atom is -0.384 e. The zero-order chi connectivity index (χ0) is 13.2. The summed E-state index contributed by atoms with van der Waals surface area (Å²) in [7, 11) is 3.53. The molecule has 1 rings (SSSR count). The van der Waals surface area contributed by atoms with Crippen LogP contribution in [0.5, 0.6) is 0 Å². The average Bonchev–Trinajstić information content (AvgIpc) is 2.88. The molecular weight excluding hydrogens is 266 g/mol. The summed E-state index contributed by atoms with van der Waals surface area (Å²) in [4.78, 5) is 5.53. The largest absolute Gasteiger partial charge is 0.384 e. The van der Waals surface area contributed by atoms with Gasteiger partial charge >= 0.3 is 0 Å². The molecule has 0 bridgehead atoms. The number of ether oxygens (including phenoxy) is 1. The van der Waals surface area contributed by atoms with E-state index in [1.54, 1.807) is 30.2 Å². The predicted molar refractivity (Wildman–Crippen MR) is 81.1 cm³/mol. The molecule has 6 heteroatoms. The quantitative estimate of drug-likeness (QED) is 0.436. The monoisotopic (exact) mass is 285 g/mol. The molecular formula is C12H19N3OS2. The van der Waals surface area contributed by atoms with Gasteiger partial charge in [0.15, 0.2) is 0 Å². The highest BCUT2D eigenvalue weighted by Gasteiger charge is 1.99. The smallest absolute Gasteiger partial charge is 0.120 e. The van der Waals surface area contributed by atoms with Crippen LogP contribution in [0.2, 0.25) is 0 Å². The van der Waals surface area contributed by atoms with Crippen LogP contribution in [0.4, 0.5) is 0 Å². The summed E-state index contributed by atoms with van der Waals surface area (Å²) in [6.45, 7) is 1.18. The zero-order valence-electron chi connectivity index (χ0n) is 10.7. The molecule has 0 aliphatic rings. The van der Waals surface area contributed by atoms with Crippen LogP contribution in [0.1, 0.15) is 4.88 Å². The number of thiophene rings is 1. The van der Waals surface area contributed by atoms with Gasteiger partial charge in [0.2, 0.25) is 0 Å². The number of methoxy groups -OCH3 is 1. The lowest BCUT2D eigenvalue weighted by Crippen LogP contribution is -2.14. The van der Waals surface area contributed by atoms with Crippen LogP contribution in [0.15, 0.2) is 33.6 Å². The van der Waals surface area contributed by atoms with Crippen molar-refractivity contribution in [1.82, 2.24) is 5.32 Å². The van der Waals surface area contributed by atoms with Crippen LogP contribution in [0.3, 0.4) is 0 Å². The first kappa shape index (κ1) is 15.1. The van der Waals surface area contributed by atoms with E-state index < -0.39 is 0 Å². The van der Waals surface area contributed by atoms with Crippen molar-refractivity contribution in [2.45, 2.75) is 5.75 Å². The van der Waals surface area contributed by atoms with Crippen LogP contribution in [0, 0.1) is 0 Å². The number of thioether (sulfide) groups is 1. The standard InChI is InChI=1S/C12H19N3OS2/c1-14-12(8-11(13)15-5-6-16-2)18-9-10-4-3-7-17-10/h3-4,7-8,14H,5-6,9H2,1-2H3,(H2,13,15)/b12-8+. The fourth-order valence-corrected chi connectivity index (χ4v) is 2.86. The van der Waals surface area contributed by atoms with E-state index in [1.807, 2.05) is 13.1 Å². The van der Waals surface area contributed by atoms with Crippen molar-refractivity contribution in [1.29, 1.82) is 0 Å². The Labute approximate surface area is 116 Å². The maximum absolute atomic E-state index is 5.81. The molecule has 0 unspecified atom stereocenters. The van der Waals surface area contributed by atoms with Crippen molar-refractivity contribution >= 4 is 28.9 Å². The van der Waals surface area contributed by atoms with Crippen LogP contribution < -0.4 is 11.1 Å². The van der Waals surface area contributed by atoms with Gasteiger partial charge in [-0.1, -0.05) is 6.07 Å². The fourth-order valence-electron chi connectivity index (χ4n) is 1.18. The Morgan fingerprint density at radius 1 is 1.67 bits per heavy atom. The second-order valence-electron chi connectivity index (χ2n) is 3.43. The normalized spacial score (nSPS) is 12.8. The van der Waals surface area contributed by atoms with E-state index in [2.05, 4.69) is 27.8 Å². The number of nitrogens with two attached hydrogens (primary N) is 1. The number of amidine groups is 1. The van der Waals surface area contributed by atoms with Gasteiger partial charge in [0.25, 0.3) is 0 Å². The summed E-state index contributed by atoms with van der Waals surface area (Å²) >= 11 is 3.47. The first-order valence-corrected chi connectivity index (χ1v) is 7.46. The Balaban J connectivity index is 2.46. The third-order valence-electron chi connectivity index (χ3n) is 2.07. The van der Waals surface area contributed by atoms with Crippen LogP contribution in [0.25, 0.3) is 0 Å². The molecule has 0 atom stereocenters. The first-order chi connectivity index (χ1) is 8.76. The van der Waals surface area contributed by atoms with Crippen molar-refractivity contribution < 1.29 is 4.74 Å². The molecule has 0 radical (unpaired) electrons. The topological polar surface area (TPSA) is 59.6 Å². The Morgan fingerprint density at radius 3 is 3.11 bits per heavy atom. The van der Waals surface area contributed by atoms with Crippen molar-refractivity contribution in [3.63, 3.8) is 0 Å². The summed E-state index contributed by atoms with van der Waals surface area (Å²) < 4.78 is 4.92. The number of aliphatic imine (C=N–C) groups is 1. The molecule has 0 aliphatic carbocycles. The summed E-state index contributed by atoms with van der Waals surface area (Å²) in [6, 6.07) is 4.19. The molecule has 100 valence electrons. The van der Waals surface area contributed by atoms with Gasteiger partial charge in [0.05, 0.1) is 18.2 Å². The highest BCUT2D eigenvalue weighted by Crippen LogP contribution is 2.21. The average molecular weight is 285 g/mol. The Bertz CT molecular complexity index is 388. The van der Waals surface area contributed by atoms with E-state index in [-0.39, 0.29) is 0 Å². The van der Waals surface area contributed by atoms with Gasteiger partial charge in [-0.05, 0) is 11.4 Å². The molecule has 0 saturated heterocycles. The lowest BCUT2D eigenvalue weighted by molar-refractivity contribution is 0.208. The minimum absolute atomic E-state index is 0.523. The lowest BCUT2D eigenvalue weighted by Gasteiger charge is -2.05. The van der Waals surface area contributed by atoms with Crippen LogP contribution in [-0.4, -0.2) is 33.1 Å². The molecule has 0 spiro atoms. The van der Waals surface area contributed by atoms with Crippen molar-refractivity contribution in [2.75, 3.05) is 27.3 Å². The van der Waals surface area contributed by atoms with E-state index in [1.165, 1.54) is 4.88 Å².